The Hall–Kier alpha value is -3.52. The van der Waals surface area contributed by atoms with Gasteiger partial charge in [-0.25, -0.2) is 4.79 Å². The molecule has 8 heteroatoms. The molecule has 0 fully saturated rings. The van der Waals surface area contributed by atoms with Crippen molar-refractivity contribution >= 4 is 34.0 Å². The van der Waals surface area contributed by atoms with Gasteiger partial charge in [-0.15, -0.1) is 11.3 Å². The summed E-state index contributed by atoms with van der Waals surface area (Å²) in [5.74, 6) is 1.09. The van der Waals surface area contributed by atoms with Crippen molar-refractivity contribution in [2.75, 3.05) is 13.2 Å². The van der Waals surface area contributed by atoms with Crippen LogP contribution in [0.4, 0.5) is 0 Å². The molecule has 7 nitrogen and oxygen atoms in total. The maximum Gasteiger partial charge on any atom is 0.336 e. The van der Waals surface area contributed by atoms with Crippen LogP contribution in [-0.2, 0) is 27.7 Å². The Morgan fingerprint density at radius 3 is 2.88 bits per heavy atom. The molecule has 3 aliphatic rings. The molecule has 4 heterocycles. The second-order valence-corrected chi connectivity index (χ2v) is 8.86. The molecule has 0 saturated heterocycles. The number of Topliss-reactive ketones (excluding diaryl/α,β-unsaturated/α-hetero) is 1. The highest BCUT2D eigenvalue weighted by atomic mass is 32.1. The lowest BCUT2D eigenvalue weighted by Crippen LogP contribution is -2.14. The number of esters is 1. The number of aromatic nitrogens is 1. The van der Waals surface area contributed by atoms with Crippen molar-refractivity contribution in [3.63, 3.8) is 0 Å². The molecular weight excluding hydrogens is 430 g/mol. The Balaban J connectivity index is 1.36. The first-order valence-electron chi connectivity index (χ1n) is 10.3. The van der Waals surface area contributed by atoms with E-state index in [9.17, 15) is 9.59 Å². The molecule has 0 bridgehead atoms. The average molecular weight is 449 g/mol. The van der Waals surface area contributed by atoms with Gasteiger partial charge in [-0.1, -0.05) is 6.07 Å². The maximum absolute atomic E-state index is 13.1. The van der Waals surface area contributed by atoms with Crippen molar-refractivity contribution in [3.8, 4) is 21.9 Å². The molecule has 2 aliphatic heterocycles. The predicted molar refractivity (Wildman–Crippen MR) is 118 cm³/mol. The lowest BCUT2D eigenvalue weighted by molar-refractivity contribution is -0.152. The van der Waals surface area contributed by atoms with Gasteiger partial charge in [0.1, 0.15) is 13.2 Å². The lowest BCUT2D eigenvalue weighted by Gasteiger charge is -2.16. The summed E-state index contributed by atoms with van der Waals surface area (Å²) in [5.41, 5.74) is 4.70. The number of ether oxygens (including phenoxy) is 4. The van der Waals surface area contributed by atoms with Crippen LogP contribution in [0.1, 0.15) is 23.0 Å². The summed E-state index contributed by atoms with van der Waals surface area (Å²) in [5, 5.41) is 3.00. The largest absolute Gasteiger partial charge is 0.485 e. The van der Waals surface area contributed by atoms with E-state index >= 15 is 0 Å². The Labute approximate surface area is 187 Å². The van der Waals surface area contributed by atoms with Crippen LogP contribution in [0, 0.1) is 0 Å². The molecule has 1 atom stereocenters. The molecule has 0 radical (unpaired) electrons. The van der Waals surface area contributed by atoms with Crippen LogP contribution in [0.3, 0.4) is 0 Å². The highest BCUT2D eigenvalue weighted by Crippen LogP contribution is 2.47. The molecule has 3 aromatic rings. The summed E-state index contributed by atoms with van der Waals surface area (Å²) in [7, 11) is 1.90. The smallest absolute Gasteiger partial charge is 0.336 e. The van der Waals surface area contributed by atoms with Crippen molar-refractivity contribution in [3.05, 3.63) is 58.3 Å². The molecule has 2 aromatic heterocycles. The van der Waals surface area contributed by atoms with Gasteiger partial charge in [-0.2, -0.15) is 0 Å². The molecule has 0 saturated carbocycles. The first kappa shape index (κ1) is 19.2. The predicted octanol–water partition coefficient (Wildman–Crippen LogP) is 4.15. The van der Waals surface area contributed by atoms with Crippen molar-refractivity contribution in [2.45, 2.75) is 19.6 Å². The van der Waals surface area contributed by atoms with Gasteiger partial charge in [-0.3, -0.25) is 4.79 Å². The van der Waals surface area contributed by atoms with Gasteiger partial charge < -0.3 is 23.5 Å². The van der Waals surface area contributed by atoms with Crippen LogP contribution in [-0.4, -0.2) is 35.8 Å². The maximum atomic E-state index is 13.1. The zero-order valence-corrected chi connectivity index (χ0v) is 18.3. The summed E-state index contributed by atoms with van der Waals surface area (Å²) in [6.07, 6.45) is 2.69. The van der Waals surface area contributed by atoms with Crippen molar-refractivity contribution in [2.24, 2.45) is 7.05 Å². The van der Waals surface area contributed by atoms with Gasteiger partial charge >= 0.3 is 5.97 Å². The number of carbonyl (C=O) groups is 2. The minimum absolute atomic E-state index is 0.0736. The highest BCUT2D eigenvalue weighted by Gasteiger charge is 2.33. The number of nitrogens with zero attached hydrogens (tertiary/aromatic N) is 1. The topological polar surface area (TPSA) is 76.0 Å². The number of allylic oxidation sites excluding steroid dienone is 1. The fourth-order valence-corrected chi connectivity index (χ4v) is 5.36. The summed E-state index contributed by atoms with van der Waals surface area (Å²) in [6.45, 7) is 2.76. The summed E-state index contributed by atoms with van der Waals surface area (Å²) in [6, 6.07) is 6.20. The van der Waals surface area contributed by atoms with Crippen molar-refractivity contribution < 1.29 is 28.5 Å². The van der Waals surface area contributed by atoms with Crippen LogP contribution >= 0.6 is 11.3 Å². The van der Waals surface area contributed by atoms with Crippen molar-refractivity contribution in [1.29, 1.82) is 0 Å². The lowest BCUT2D eigenvalue weighted by atomic mass is 10.1. The Morgan fingerprint density at radius 2 is 2.06 bits per heavy atom. The second kappa shape index (κ2) is 7.00. The molecule has 0 amide bonds. The summed E-state index contributed by atoms with van der Waals surface area (Å²) < 4.78 is 24.1. The van der Waals surface area contributed by atoms with E-state index in [4.69, 9.17) is 18.9 Å². The third-order valence-electron chi connectivity index (χ3n) is 6.02. The van der Waals surface area contributed by atoms with Crippen LogP contribution in [0.2, 0.25) is 0 Å². The Kier molecular flexibility index (Phi) is 4.19. The zero-order valence-electron chi connectivity index (χ0n) is 17.5. The molecular formula is C24H19NO6S. The number of hydrogen-bond acceptors (Lipinski definition) is 7. The van der Waals surface area contributed by atoms with E-state index in [2.05, 4.69) is 12.1 Å². The van der Waals surface area contributed by atoms with Crippen molar-refractivity contribution in [1.82, 2.24) is 4.57 Å². The van der Waals surface area contributed by atoms with Gasteiger partial charge in [0, 0.05) is 47.0 Å². The van der Waals surface area contributed by atoms with Crippen LogP contribution in [0.25, 0.3) is 21.3 Å². The molecule has 1 unspecified atom stereocenters. The van der Waals surface area contributed by atoms with Crippen LogP contribution < -0.4 is 9.47 Å². The number of ketones is 1. The van der Waals surface area contributed by atoms with E-state index in [1.54, 1.807) is 24.3 Å². The third kappa shape index (κ3) is 2.79. The number of hydrogen-bond donors (Lipinski definition) is 0. The molecule has 0 spiro atoms. The van der Waals surface area contributed by atoms with E-state index in [0.29, 0.717) is 36.5 Å². The third-order valence-corrected chi connectivity index (χ3v) is 7.01. The first-order valence-corrected chi connectivity index (χ1v) is 11.2. The van der Waals surface area contributed by atoms with E-state index in [-0.39, 0.29) is 5.78 Å². The minimum atomic E-state index is -0.790. The minimum Gasteiger partial charge on any atom is -0.485 e. The molecule has 6 rings (SSSR count). The average Bonchev–Trinajstić information content (AvgIpc) is 3.52. The number of cyclic esters (lactones) is 1. The number of benzene rings is 1. The fraction of sp³-hybridized carbons (Fsp3) is 0.250. The standard InChI is InChI=1S/C24H19NO6S/c1-12-7-19(31-24(12)27)30-10-14-9-16-15-8-13(3-4-17(15)25(2)20(16)21(14)26)23-22-18(11-32-23)28-5-6-29-22/h3-4,7-8,10-11,19H,5-6,9H2,1-2H3/b14-10+. The summed E-state index contributed by atoms with van der Waals surface area (Å²) in [4.78, 5) is 25.6. The van der Waals surface area contributed by atoms with E-state index in [1.165, 1.54) is 6.26 Å². The van der Waals surface area contributed by atoms with Gasteiger partial charge in [-0.05, 0) is 30.2 Å². The number of fused-ring (bicyclic) bond motifs is 4. The van der Waals surface area contributed by atoms with E-state index in [1.807, 2.05) is 23.1 Å². The summed E-state index contributed by atoms with van der Waals surface area (Å²) >= 11 is 1.59. The SMILES string of the molecule is CC1=CC(O/C=C2\Cc3c(n(C)c4ccc(-c5scc6c5OCCO6)cc34)C2=O)OC1=O. The quantitative estimate of drug-likeness (QED) is 0.340. The number of rotatable bonds is 3. The van der Waals surface area contributed by atoms with Gasteiger partial charge in [0.2, 0.25) is 5.78 Å². The molecule has 162 valence electrons. The fourth-order valence-electron chi connectivity index (χ4n) is 4.43. The molecule has 0 N–H and O–H groups in total. The number of carbonyl (C=O) groups excluding carboxylic acids is 2. The van der Waals surface area contributed by atoms with Gasteiger partial charge in [0.25, 0.3) is 6.29 Å². The van der Waals surface area contributed by atoms with Gasteiger partial charge in [0.05, 0.1) is 16.8 Å². The zero-order chi connectivity index (χ0) is 22.0. The molecule has 1 aliphatic carbocycles. The first-order chi connectivity index (χ1) is 15.5. The normalized spacial score (nSPS) is 20.6. The highest BCUT2D eigenvalue weighted by molar-refractivity contribution is 7.14. The Morgan fingerprint density at radius 1 is 1.22 bits per heavy atom. The molecule has 32 heavy (non-hydrogen) atoms. The molecule has 1 aromatic carbocycles. The number of thiophene rings is 1. The van der Waals surface area contributed by atoms with E-state index < -0.39 is 12.3 Å². The number of aryl methyl sites for hydroxylation is 1. The van der Waals surface area contributed by atoms with E-state index in [0.717, 1.165) is 38.4 Å². The van der Waals surface area contributed by atoms with Crippen LogP contribution in [0.15, 0.2) is 47.1 Å². The van der Waals surface area contributed by atoms with Crippen LogP contribution in [0.5, 0.6) is 11.5 Å². The monoisotopic (exact) mass is 449 g/mol. The Bertz CT molecular complexity index is 1370. The van der Waals surface area contributed by atoms with Gasteiger partial charge in [0.15, 0.2) is 11.5 Å². The second-order valence-electron chi connectivity index (χ2n) is 7.98.